The molecule has 1 fully saturated rings. The lowest BCUT2D eigenvalue weighted by Gasteiger charge is -2.26. The molecule has 154 valence electrons. The van der Waals surface area contributed by atoms with E-state index >= 15 is 0 Å². The summed E-state index contributed by atoms with van der Waals surface area (Å²) >= 11 is 6.96. The van der Waals surface area contributed by atoms with Crippen LogP contribution in [-0.4, -0.2) is 60.0 Å². The van der Waals surface area contributed by atoms with Gasteiger partial charge in [-0.3, -0.25) is 4.90 Å². The first-order chi connectivity index (χ1) is 13.2. The molecule has 0 aliphatic carbocycles. The van der Waals surface area contributed by atoms with Crippen molar-refractivity contribution in [2.24, 2.45) is 0 Å². The van der Waals surface area contributed by atoms with E-state index in [9.17, 15) is 0 Å². The number of aromatic nitrogens is 1. The number of anilines is 1. The van der Waals surface area contributed by atoms with Crippen LogP contribution in [0, 0.1) is 13.8 Å². The van der Waals surface area contributed by atoms with E-state index in [4.69, 9.17) is 37.1 Å². The van der Waals surface area contributed by atoms with Gasteiger partial charge in [0.25, 0.3) is 0 Å². The third-order valence-electron chi connectivity index (χ3n) is 4.58. The van der Waals surface area contributed by atoms with Crippen LogP contribution in [0.2, 0.25) is 0 Å². The molecule has 8 heteroatoms. The van der Waals surface area contributed by atoms with Crippen LogP contribution in [0.5, 0.6) is 5.75 Å². The molecule has 0 atom stereocenters. The van der Waals surface area contributed by atoms with Crippen molar-refractivity contribution in [2.45, 2.75) is 40.2 Å². The number of hydrogen-bond donors (Lipinski definition) is 1. The molecular weight excluding hydrogens is 394 g/mol. The van der Waals surface area contributed by atoms with Crippen LogP contribution >= 0.6 is 23.6 Å². The van der Waals surface area contributed by atoms with Crippen molar-refractivity contribution in [1.82, 2.24) is 9.88 Å². The Hall–Kier alpha value is -1.48. The largest absolute Gasteiger partial charge is 0.490 e. The molecular formula is C20H29N3O3S2. The van der Waals surface area contributed by atoms with Gasteiger partial charge in [0.05, 0.1) is 24.6 Å². The number of nitrogen functional groups attached to an aromatic ring is 1. The summed E-state index contributed by atoms with van der Waals surface area (Å²) in [6, 6.07) is 0. The predicted octanol–water partition coefficient (Wildman–Crippen LogP) is 3.70. The molecule has 0 amide bonds. The lowest BCUT2D eigenvalue weighted by atomic mass is 10.1. The number of nitrogens with two attached hydrogens (primary N) is 1. The van der Waals surface area contributed by atoms with Crippen LogP contribution in [0.3, 0.4) is 0 Å². The molecule has 0 spiro atoms. The molecule has 28 heavy (non-hydrogen) atoms. The van der Waals surface area contributed by atoms with Crippen molar-refractivity contribution in [3.8, 4) is 5.75 Å². The van der Waals surface area contributed by atoms with Crippen molar-refractivity contribution in [3.05, 3.63) is 16.1 Å². The van der Waals surface area contributed by atoms with Gasteiger partial charge in [-0.2, -0.15) is 0 Å². The monoisotopic (exact) mass is 423 g/mol. The standard InChI is InChI=1S/C20H29N3O3S2/c1-12-14-15(21)17(19(27)26-20(3,4)5)28-18(14)22-13(2)16(12)25-11-8-23-6-9-24-10-7-23/h6-11,21H2,1-5H3. The van der Waals surface area contributed by atoms with Gasteiger partial charge < -0.3 is 19.9 Å². The Morgan fingerprint density at radius 2 is 1.96 bits per heavy atom. The fourth-order valence-corrected chi connectivity index (χ4v) is 4.81. The molecule has 6 nitrogen and oxygen atoms in total. The highest BCUT2D eigenvalue weighted by Gasteiger charge is 2.23. The van der Waals surface area contributed by atoms with E-state index in [2.05, 4.69) is 4.90 Å². The average Bonchev–Trinajstić information content (AvgIpc) is 2.94. The van der Waals surface area contributed by atoms with Crippen LogP contribution in [0.15, 0.2) is 0 Å². The zero-order valence-corrected chi connectivity index (χ0v) is 18.9. The Balaban J connectivity index is 1.82. The van der Waals surface area contributed by atoms with E-state index in [0.29, 0.717) is 17.3 Å². The number of aryl methyl sites for hydroxylation is 2. The topological polar surface area (TPSA) is 69.8 Å². The van der Waals surface area contributed by atoms with E-state index in [1.165, 1.54) is 11.3 Å². The van der Waals surface area contributed by atoms with Gasteiger partial charge in [-0.05, 0) is 46.8 Å². The fourth-order valence-electron chi connectivity index (χ4n) is 3.25. The lowest BCUT2D eigenvalue weighted by Crippen LogP contribution is -2.38. The number of rotatable bonds is 5. The zero-order chi connectivity index (χ0) is 20.5. The maximum atomic E-state index is 6.45. The molecule has 2 N–H and O–H groups in total. The van der Waals surface area contributed by atoms with Gasteiger partial charge in [0, 0.05) is 30.6 Å². The van der Waals surface area contributed by atoms with Gasteiger partial charge >= 0.3 is 0 Å². The Morgan fingerprint density at radius 3 is 2.61 bits per heavy atom. The van der Waals surface area contributed by atoms with Crippen LogP contribution in [0.1, 0.15) is 36.9 Å². The molecule has 0 unspecified atom stereocenters. The smallest absolute Gasteiger partial charge is 0.204 e. The van der Waals surface area contributed by atoms with Gasteiger partial charge in [-0.15, -0.1) is 11.3 Å². The molecule has 1 saturated heterocycles. The van der Waals surface area contributed by atoms with Gasteiger partial charge in [0.15, 0.2) is 0 Å². The Labute approximate surface area is 176 Å². The lowest BCUT2D eigenvalue weighted by molar-refractivity contribution is 0.0321. The molecule has 2 aromatic rings. The van der Waals surface area contributed by atoms with Crippen molar-refractivity contribution in [3.63, 3.8) is 0 Å². The van der Waals surface area contributed by atoms with E-state index in [1.54, 1.807) is 0 Å². The quantitative estimate of drug-likeness (QED) is 0.735. The molecule has 3 heterocycles. The summed E-state index contributed by atoms with van der Waals surface area (Å²) in [7, 11) is 0. The summed E-state index contributed by atoms with van der Waals surface area (Å²) in [4.78, 5) is 8.70. The maximum absolute atomic E-state index is 6.45. The van der Waals surface area contributed by atoms with E-state index < -0.39 is 0 Å². The highest BCUT2D eigenvalue weighted by atomic mass is 32.1. The second-order valence-electron chi connectivity index (χ2n) is 7.98. The number of nitrogens with zero attached hydrogens (tertiary/aromatic N) is 2. The zero-order valence-electron chi connectivity index (χ0n) is 17.3. The number of ether oxygens (including phenoxy) is 3. The fraction of sp³-hybridized carbons (Fsp3) is 0.600. The minimum absolute atomic E-state index is 0.369. The number of fused-ring (bicyclic) bond motifs is 1. The Kier molecular flexibility index (Phi) is 6.44. The molecule has 0 radical (unpaired) electrons. The summed E-state index contributed by atoms with van der Waals surface area (Å²) in [5.41, 5.74) is 8.57. The van der Waals surface area contributed by atoms with Crippen LogP contribution in [0.4, 0.5) is 5.69 Å². The Bertz CT molecular complexity index is 868. The summed E-state index contributed by atoms with van der Waals surface area (Å²) in [5, 5.41) is 1.33. The number of hydrogen-bond acceptors (Lipinski definition) is 8. The normalized spacial score (nSPS) is 15.8. The van der Waals surface area contributed by atoms with Crippen molar-refractivity contribution in [1.29, 1.82) is 0 Å². The number of morpholine rings is 1. The summed E-state index contributed by atoms with van der Waals surface area (Å²) in [6.07, 6.45) is 0. The summed E-state index contributed by atoms with van der Waals surface area (Å²) in [5.74, 6) is 0.805. The van der Waals surface area contributed by atoms with Crippen molar-refractivity contribution >= 4 is 44.5 Å². The SMILES string of the molecule is Cc1nc2sc(C(=S)OC(C)(C)C)c(N)c2c(C)c1OCCN1CCOCC1. The Morgan fingerprint density at radius 1 is 1.29 bits per heavy atom. The van der Waals surface area contributed by atoms with E-state index in [0.717, 1.165) is 64.9 Å². The number of pyridine rings is 1. The number of thiophene rings is 1. The summed E-state index contributed by atoms with van der Waals surface area (Å²) in [6.45, 7) is 14.9. The molecule has 0 bridgehead atoms. The van der Waals surface area contributed by atoms with Gasteiger partial charge in [0.1, 0.15) is 27.7 Å². The van der Waals surface area contributed by atoms with Gasteiger partial charge in [0.2, 0.25) is 5.05 Å². The molecule has 0 saturated carbocycles. The molecule has 1 aliphatic rings. The molecule has 1 aliphatic heterocycles. The van der Waals surface area contributed by atoms with Crippen LogP contribution < -0.4 is 10.5 Å². The number of thiocarbonyl (C=S) groups is 1. The molecule has 0 aromatic carbocycles. The minimum Gasteiger partial charge on any atom is -0.490 e. The highest BCUT2D eigenvalue weighted by molar-refractivity contribution is 7.81. The maximum Gasteiger partial charge on any atom is 0.204 e. The second kappa shape index (κ2) is 8.49. The third-order valence-corrected chi connectivity index (χ3v) is 6.10. The van der Waals surface area contributed by atoms with E-state index in [1.807, 2.05) is 34.6 Å². The first-order valence-corrected chi connectivity index (χ1v) is 10.8. The highest BCUT2D eigenvalue weighted by Crippen LogP contribution is 2.40. The first-order valence-electron chi connectivity index (χ1n) is 9.53. The van der Waals surface area contributed by atoms with Crippen molar-refractivity contribution in [2.75, 3.05) is 45.2 Å². The van der Waals surface area contributed by atoms with E-state index in [-0.39, 0.29) is 5.60 Å². The van der Waals surface area contributed by atoms with Crippen LogP contribution in [0.25, 0.3) is 10.2 Å². The van der Waals surface area contributed by atoms with Crippen molar-refractivity contribution < 1.29 is 14.2 Å². The van der Waals surface area contributed by atoms with Gasteiger partial charge in [-0.1, -0.05) is 0 Å². The summed E-state index contributed by atoms with van der Waals surface area (Å²) < 4.78 is 17.4. The van der Waals surface area contributed by atoms with Crippen LogP contribution in [-0.2, 0) is 9.47 Å². The molecule has 2 aromatic heterocycles. The molecule has 3 rings (SSSR count). The third kappa shape index (κ3) is 4.74. The predicted molar refractivity (Wildman–Crippen MR) is 119 cm³/mol. The average molecular weight is 424 g/mol. The first kappa shape index (κ1) is 21.2. The van der Waals surface area contributed by atoms with Gasteiger partial charge in [-0.25, -0.2) is 4.98 Å². The second-order valence-corrected chi connectivity index (χ2v) is 9.35. The minimum atomic E-state index is -0.369.